The molecule has 2 fully saturated rings. The number of aryl methyl sites for hydroxylation is 1. The average molecular weight is 381 g/mol. The highest BCUT2D eigenvalue weighted by molar-refractivity contribution is 5.91. The molecule has 2 aromatic rings. The van der Waals surface area contributed by atoms with Crippen molar-refractivity contribution in [1.29, 1.82) is 0 Å². The van der Waals surface area contributed by atoms with Gasteiger partial charge < -0.3 is 23.8 Å². The summed E-state index contributed by atoms with van der Waals surface area (Å²) < 4.78 is 12.4. The molecule has 0 saturated carbocycles. The fraction of sp³-hybridized carbons (Fsp3) is 0.450. The van der Waals surface area contributed by atoms with Gasteiger partial charge in [-0.2, -0.15) is 0 Å². The van der Waals surface area contributed by atoms with Crippen LogP contribution in [0.15, 0.2) is 24.8 Å². The zero-order valence-electron chi connectivity index (χ0n) is 15.9. The lowest BCUT2D eigenvalue weighted by atomic mass is 10.1. The standard InChI is InChI=1S/C20H23N5O3/c1-23-10-18(22-13-23)14-8-16-17(9-14)21-3-2-19(16)24-4-6-25(7-5-24)20(26)28-15-11-27-12-15/h2-3,8,10,13,15H,4-7,9,11-12H2,1H3. The molecule has 0 bridgehead atoms. The first-order valence-electron chi connectivity index (χ1n) is 9.62. The van der Waals surface area contributed by atoms with Crippen LogP contribution in [0.1, 0.15) is 17.0 Å². The summed E-state index contributed by atoms with van der Waals surface area (Å²) in [7, 11) is 1.98. The lowest BCUT2D eigenvalue weighted by Gasteiger charge is -2.37. The van der Waals surface area contributed by atoms with Gasteiger partial charge in [0, 0.05) is 63.3 Å². The van der Waals surface area contributed by atoms with Crippen molar-refractivity contribution in [3.05, 3.63) is 41.7 Å². The number of nitrogens with zero attached hydrogens (tertiary/aromatic N) is 5. The Hall–Kier alpha value is -2.87. The summed E-state index contributed by atoms with van der Waals surface area (Å²) in [6, 6.07) is 2.07. The number of carbonyl (C=O) groups is 1. The van der Waals surface area contributed by atoms with Crippen LogP contribution in [-0.4, -0.2) is 71.0 Å². The normalized spacial score (nSPS) is 19.2. The van der Waals surface area contributed by atoms with E-state index in [0.717, 1.165) is 30.9 Å². The highest BCUT2D eigenvalue weighted by atomic mass is 16.6. The summed E-state index contributed by atoms with van der Waals surface area (Å²) in [6.45, 7) is 3.89. The van der Waals surface area contributed by atoms with Crippen LogP contribution in [0.3, 0.4) is 0 Å². The summed E-state index contributed by atoms with van der Waals surface area (Å²) in [6.07, 6.45) is 8.43. The summed E-state index contributed by atoms with van der Waals surface area (Å²) in [5, 5.41) is 0. The van der Waals surface area contributed by atoms with Crippen molar-refractivity contribution in [2.75, 3.05) is 44.3 Å². The van der Waals surface area contributed by atoms with Gasteiger partial charge in [-0.25, -0.2) is 9.78 Å². The van der Waals surface area contributed by atoms with E-state index in [1.165, 1.54) is 16.8 Å². The molecule has 8 nitrogen and oxygen atoms in total. The van der Waals surface area contributed by atoms with Crippen LogP contribution in [-0.2, 0) is 22.9 Å². The van der Waals surface area contributed by atoms with Crippen molar-refractivity contribution in [2.24, 2.45) is 7.05 Å². The Morgan fingerprint density at radius 1 is 1.21 bits per heavy atom. The van der Waals surface area contributed by atoms with Crippen molar-refractivity contribution in [2.45, 2.75) is 12.5 Å². The maximum absolute atomic E-state index is 12.2. The predicted molar refractivity (Wildman–Crippen MR) is 104 cm³/mol. The third-order valence-electron chi connectivity index (χ3n) is 5.51. The van der Waals surface area contributed by atoms with Gasteiger partial charge >= 0.3 is 6.09 Å². The van der Waals surface area contributed by atoms with Gasteiger partial charge in [0.2, 0.25) is 0 Å². The second-order valence-electron chi connectivity index (χ2n) is 7.48. The predicted octanol–water partition coefficient (Wildman–Crippen LogP) is 1.57. The monoisotopic (exact) mass is 381 g/mol. The number of amides is 1. The molecule has 2 saturated heterocycles. The maximum atomic E-state index is 12.2. The molecule has 0 unspecified atom stereocenters. The van der Waals surface area contributed by atoms with Gasteiger partial charge in [-0.05, 0) is 17.7 Å². The van der Waals surface area contributed by atoms with Crippen molar-refractivity contribution in [3.63, 3.8) is 0 Å². The molecular weight excluding hydrogens is 358 g/mol. The molecule has 2 aliphatic heterocycles. The number of carbonyl (C=O) groups excluding carboxylic acids is 1. The number of pyridine rings is 1. The Kier molecular flexibility index (Phi) is 4.27. The molecule has 146 valence electrons. The van der Waals surface area contributed by atoms with Gasteiger partial charge in [-0.1, -0.05) is 0 Å². The molecule has 1 aliphatic carbocycles. The molecule has 0 spiro atoms. The van der Waals surface area contributed by atoms with Gasteiger partial charge in [0.05, 0.1) is 30.9 Å². The number of rotatable bonds is 3. The van der Waals surface area contributed by atoms with E-state index >= 15 is 0 Å². The van der Waals surface area contributed by atoms with E-state index in [-0.39, 0.29) is 12.2 Å². The van der Waals surface area contributed by atoms with Gasteiger partial charge in [-0.15, -0.1) is 0 Å². The van der Waals surface area contributed by atoms with Crippen LogP contribution in [0, 0.1) is 0 Å². The molecule has 0 atom stereocenters. The third kappa shape index (κ3) is 3.13. The topological polar surface area (TPSA) is 72.7 Å². The molecule has 1 amide bonds. The number of imidazole rings is 1. The smallest absolute Gasteiger partial charge is 0.410 e. The van der Waals surface area contributed by atoms with Gasteiger partial charge in [0.25, 0.3) is 0 Å². The number of aromatic nitrogens is 3. The minimum absolute atomic E-state index is 0.0795. The average Bonchev–Trinajstić information content (AvgIpc) is 3.30. The summed E-state index contributed by atoms with van der Waals surface area (Å²) >= 11 is 0. The number of piperazine rings is 1. The number of anilines is 1. The van der Waals surface area contributed by atoms with Crippen LogP contribution in [0.25, 0.3) is 11.6 Å². The lowest BCUT2D eigenvalue weighted by molar-refractivity contribution is -0.104. The molecular formula is C20H23N5O3. The Bertz CT molecular complexity index is 926. The first-order chi connectivity index (χ1) is 13.7. The molecule has 8 heteroatoms. The van der Waals surface area contributed by atoms with Crippen molar-refractivity contribution < 1.29 is 14.3 Å². The molecule has 28 heavy (non-hydrogen) atoms. The van der Waals surface area contributed by atoms with E-state index in [1.54, 1.807) is 4.90 Å². The second kappa shape index (κ2) is 6.94. The molecule has 0 radical (unpaired) electrons. The first kappa shape index (κ1) is 17.2. The molecule has 0 N–H and O–H groups in total. The highest BCUT2D eigenvalue weighted by Gasteiger charge is 2.29. The number of allylic oxidation sites excluding steroid dienone is 1. The van der Waals surface area contributed by atoms with Crippen LogP contribution >= 0.6 is 0 Å². The first-order valence-corrected chi connectivity index (χ1v) is 9.62. The molecule has 0 aromatic carbocycles. The summed E-state index contributed by atoms with van der Waals surface area (Å²) in [4.78, 5) is 25.4. The van der Waals surface area contributed by atoms with Crippen LogP contribution < -0.4 is 4.90 Å². The second-order valence-corrected chi connectivity index (χ2v) is 7.48. The zero-order valence-corrected chi connectivity index (χ0v) is 15.9. The Morgan fingerprint density at radius 3 is 2.71 bits per heavy atom. The Balaban J connectivity index is 1.29. The molecule has 3 aliphatic rings. The molecule has 4 heterocycles. The minimum Gasteiger partial charge on any atom is -0.441 e. The lowest BCUT2D eigenvalue weighted by Crippen LogP contribution is -2.51. The van der Waals surface area contributed by atoms with E-state index in [4.69, 9.17) is 9.47 Å². The third-order valence-corrected chi connectivity index (χ3v) is 5.51. The highest BCUT2D eigenvalue weighted by Crippen LogP contribution is 2.35. The van der Waals surface area contributed by atoms with Crippen molar-refractivity contribution >= 4 is 23.4 Å². The number of hydrogen-bond donors (Lipinski definition) is 0. The van der Waals surface area contributed by atoms with Crippen LogP contribution in [0.2, 0.25) is 0 Å². The fourth-order valence-electron chi connectivity index (χ4n) is 3.86. The quantitative estimate of drug-likeness (QED) is 0.804. The molecule has 2 aromatic heterocycles. The SMILES string of the molecule is Cn1cnc(C2=Cc3c(N4CCN(C(=O)OC5COC5)CC4)ccnc3C2)c1. The van der Waals surface area contributed by atoms with Gasteiger partial charge in [0.1, 0.15) is 0 Å². The van der Waals surface area contributed by atoms with E-state index in [1.807, 2.05) is 30.3 Å². The van der Waals surface area contributed by atoms with Gasteiger partial charge in [0.15, 0.2) is 6.10 Å². The largest absolute Gasteiger partial charge is 0.441 e. The maximum Gasteiger partial charge on any atom is 0.410 e. The number of ether oxygens (including phenoxy) is 2. The van der Waals surface area contributed by atoms with Crippen LogP contribution in [0.4, 0.5) is 10.5 Å². The summed E-state index contributed by atoms with van der Waals surface area (Å²) in [5.41, 5.74) is 5.63. The van der Waals surface area contributed by atoms with E-state index in [2.05, 4.69) is 27.0 Å². The Morgan fingerprint density at radius 2 is 2.04 bits per heavy atom. The Labute approximate surface area is 163 Å². The summed E-state index contributed by atoms with van der Waals surface area (Å²) in [5.74, 6) is 0. The minimum atomic E-state index is -0.231. The van der Waals surface area contributed by atoms with Crippen LogP contribution in [0.5, 0.6) is 0 Å². The number of hydrogen-bond acceptors (Lipinski definition) is 6. The van der Waals surface area contributed by atoms with Crippen molar-refractivity contribution in [1.82, 2.24) is 19.4 Å². The van der Waals surface area contributed by atoms with E-state index in [0.29, 0.717) is 26.3 Å². The zero-order chi connectivity index (χ0) is 19.1. The van der Waals surface area contributed by atoms with E-state index in [9.17, 15) is 4.79 Å². The number of fused-ring (bicyclic) bond motifs is 1. The van der Waals surface area contributed by atoms with Gasteiger partial charge in [-0.3, -0.25) is 4.98 Å². The fourth-order valence-corrected chi connectivity index (χ4v) is 3.86. The van der Waals surface area contributed by atoms with E-state index < -0.39 is 0 Å². The van der Waals surface area contributed by atoms with Crippen molar-refractivity contribution in [3.8, 4) is 0 Å². The molecule has 5 rings (SSSR count).